The smallest absolute Gasteiger partial charge is 0.435 e. The number of hydrogen-bond acceptors (Lipinski definition) is 5. The number of carbonyl (C=O) groups is 1. The zero-order chi connectivity index (χ0) is 22.6. The molecule has 168 valence electrons. The number of alkyl halides is 3. The minimum atomic E-state index is -4.65. The van der Waals surface area contributed by atoms with E-state index in [1.807, 2.05) is 0 Å². The molecule has 1 N–H and O–H groups in total. The molecule has 5 rings (SSSR count). The van der Waals surface area contributed by atoms with E-state index in [1.54, 1.807) is 6.07 Å². The fourth-order valence-electron chi connectivity index (χ4n) is 3.95. The lowest BCUT2D eigenvalue weighted by atomic mass is 9.96. The van der Waals surface area contributed by atoms with Crippen molar-refractivity contribution in [3.63, 3.8) is 0 Å². The van der Waals surface area contributed by atoms with E-state index in [0.29, 0.717) is 42.7 Å². The van der Waals surface area contributed by atoms with Crippen molar-refractivity contribution in [1.82, 2.24) is 25.1 Å². The number of pyridine rings is 1. The van der Waals surface area contributed by atoms with Crippen molar-refractivity contribution in [3.8, 4) is 11.5 Å². The highest BCUT2D eigenvalue weighted by molar-refractivity contribution is 5.93. The van der Waals surface area contributed by atoms with E-state index in [2.05, 4.69) is 20.4 Å². The summed E-state index contributed by atoms with van der Waals surface area (Å²) in [5.41, 5.74) is 0.101. The fraction of sp³-hybridized carbons (Fsp3) is 0.429. The molecule has 3 aromatic rings. The van der Waals surface area contributed by atoms with E-state index < -0.39 is 29.6 Å². The van der Waals surface area contributed by atoms with Gasteiger partial charge in [-0.15, -0.1) is 0 Å². The molecule has 0 aromatic carbocycles. The first-order valence-corrected chi connectivity index (χ1v) is 10.3. The Labute approximate surface area is 179 Å². The lowest BCUT2D eigenvalue weighted by Gasteiger charge is -2.21. The van der Waals surface area contributed by atoms with Gasteiger partial charge in [0.1, 0.15) is 17.1 Å². The molecule has 1 unspecified atom stereocenters. The summed E-state index contributed by atoms with van der Waals surface area (Å²) in [4.78, 5) is 21.3. The van der Waals surface area contributed by atoms with Gasteiger partial charge < -0.3 is 9.73 Å². The summed E-state index contributed by atoms with van der Waals surface area (Å²) < 4.78 is 59.9. The van der Waals surface area contributed by atoms with Crippen molar-refractivity contribution in [2.24, 2.45) is 7.05 Å². The number of rotatable bonds is 4. The van der Waals surface area contributed by atoms with Crippen LogP contribution in [-0.2, 0) is 19.6 Å². The van der Waals surface area contributed by atoms with Gasteiger partial charge in [-0.1, -0.05) is 0 Å². The Balaban J connectivity index is 1.41. The Morgan fingerprint density at radius 2 is 2.03 bits per heavy atom. The topological polar surface area (TPSA) is 85.8 Å². The summed E-state index contributed by atoms with van der Waals surface area (Å²) in [5, 5.41) is 6.09. The number of nitrogens with one attached hydrogen (secondary N) is 1. The quantitative estimate of drug-likeness (QED) is 0.600. The van der Waals surface area contributed by atoms with E-state index >= 15 is 0 Å². The Morgan fingerprint density at radius 1 is 1.25 bits per heavy atom. The first-order valence-electron chi connectivity index (χ1n) is 10.3. The maximum absolute atomic E-state index is 14.4. The lowest BCUT2D eigenvalue weighted by molar-refractivity contribution is -0.141. The van der Waals surface area contributed by atoms with Crippen LogP contribution in [0.2, 0.25) is 0 Å². The molecule has 1 saturated carbocycles. The number of nitrogens with zero attached hydrogens (tertiary/aromatic N) is 4. The van der Waals surface area contributed by atoms with E-state index in [1.165, 1.54) is 7.05 Å². The van der Waals surface area contributed by atoms with Crippen LogP contribution >= 0.6 is 0 Å². The molecule has 0 aliphatic heterocycles. The second-order valence-electron chi connectivity index (χ2n) is 8.15. The Bertz CT molecular complexity index is 1200. The van der Waals surface area contributed by atoms with Crippen LogP contribution in [0.15, 0.2) is 22.7 Å². The number of fused-ring (bicyclic) bond motifs is 1. The highest BCUT2D eigenvalue weighted by Gasteiger charge is 2.36. The third kappa shape index (κ3) is 3.76. The fourth-order valence-corrected chi connectivity index (χ4v) is 3.95. The van der Waals surface area contributed by atoms with Gasteiger partial charge in [-0.25, -0.2) is 9.37 Å². The minimum absolute atomic E-state index is 0.109. The molecule has 1 atom stereocenters. The molecule has 32 heavy (non-hydrogen) atoms. The van der Waals surface area contributed by atoms with Crippen molar-refractivity contribution in [2.45, 2.75) is 50.2 Å². The molecule has 1 fully saturated rings. The maximum Gasteiger partial charge on any atom is 0.435 e. The molecule has 11 heteroatoms. The van der Waals surface area contributed by atoms with Gasteiger partial charge in [-0.2, -0.15) is 18.3 Å². The number of oxazole rings is 1. The van der Waals surface area contributed by atoms with Crippen LogP contribution in [0.1, 0.15) is 71.0 Å². The van der Waals surface area contributed by atoms with E-state index in [9.17, 15) is 22.4 Å². The average Bonchev–Trinajstić information content (AvgIpc) is 3.35. The summed E-state index contributed by atoms with van der Waals surface area (Å²) in [5.74, 6) is -0.293. The van der Waals surface area contributed by atoms with Crippen LogP contribution in [0.25, 0.3) is 11.5 Å². The SMILES string of the molecule is Cn1nc(C(F)(F)F)cc1C(=O)NC1CCCc2oc(-c3cc(C4CC4)ncc3F)nc21. The summed E-state index contributed by atoms with van der Waals surface area (Å²) in [6.07, 6.45) is 0.311. The van der Waals surface area contributed by atoms with Gasteiger partial charge in [0.2, 0.25) is 5.89 Å². The second kappa shape index (κ2) is 7.42. The molecule has 2 aliphatic rings. The zero-order valence-corrected chi connectivity index (χ0v) is 17.0. The molecular formula is C21H19F4N5O2. The Hall–Kier alpha value is -3.24. The van der Waals surface area contributed by atoms with E-state index in [-0.39, 0.29) is 17.1 Å². The standard InChI is InChI=1S/C21H19F4N5O2/c1-30-15(8-17(29-30)21(23,24)25)19(31)27-13-3-2-4-16-18(13)28-20(32-16)11-7-14(10-5-6-10)26-9-12(11)22/h7-10,13H,2-6H2,1H3,(H,27,31). The van der Waals surface area contributed by atoms with Gasteiger partial charge in [0.05, 0.1) is 17.8 Å². The van der Waals surface area contributed by atoms with Gasteiger partial charge >= 0.3 is 6.18 Å². The van der Waals surface area contributed by atoms with Gasteiger partial charge in [0.15, 0.2) is 11.5 Å². The normalized spacial score (nSPS) is 18.5. The lowest BCUT2D eigenvalue weighted by Crippen LogP contribution is -2.32. The number of aromatic nitrogens is 4. The Morgan fingerprint density at radius 3 is 2.72 bits per heavy atom. The van der Waals surface area contributed by atoms with Crippen LogP contribution in [0, 0.1) is 5.82 Å². The molecule has 3 heterocycles. The average molecular weight is 449 g/mol. The molecule has 0 bridgehead atoms. The molecule has 3 aromatic heterocycles. The van der Waals surface area contributed by atoms with Crippen LogP contribution in [0.3, 0.4) is 0 Å². The highest BCUT2D eigenvalue weighted by Crippen LogP contribution is 2.41. The molecule has 2 aliphatic carbocycles. The van der Waals surface area contributed by atoms with Crippen molar-refractivity contribution in [1.29, 1.82) is 0 Å². The first kappa shape index (κ1) is 20.7. The van der Waals surface area contributed by atoms with Gasteiger partial charge in [0, 0.05) is 31.1 Å². The third-order valence-corrected chi connectivity index (χ3v) is 5.76. The van der Waals surface area contributed by atoms with Gasteiger partial charge in [-0.05, 0) is 31.7 Å². The maximum atomic E-state index is 14.4. The molecule has 0 saturated heterocycles. The molecule has 7 nitrogen and oxygen atoms in total. The Kier molecular flexibility index (Phi) is 4.79. The van der Waals surface area contributed by atoms with Crippen LogP contribution in [-0.4, -0.2) is 25.7 Å². The van der Waals surface area contributed by atoms with Crippen molar-refractivity contribution in [2.75, 3.05) is 0 Å². The molecule has 0 spiro atoms. The zero-order valence-electron chi connectivity index (χ0n) is 17.0. The molecular weight excluding hydrogens is 430 g/mol. The van der Waals surface area contributed by atoms with Crippen LogP contribution in [0.5, 0.6) is 0 Å². The summed E-state index contributed by atoms with van der Waals surface area (Å²) in [6, 6.07) is 1.78. The first-order chi connectivity index (χ1) is 15.2. The number of aryl methyl sites for hydroxylation is 2. The monoisotopic (exact) mass is 449 g/mol. The molecule has 1 amide bonds. The van der Waals surface area contributed by atoms with Crippen LogP contribution < -0.4 is 5.32 Å². The number of hydrogen-bond donors (Lipinski definition) is 1. The summed E-state index contributed by atoms with van der Waals surface area (Å²) in [7, 11) is 1.27. The summed E-state index contributed by atoms with van der Waals surface area (Å²) >= 11 is 0. The highest BCUT2D eigenvalue weighted by atomic mass is 19.4. The van der Waals surface area contributed by atoms with E-state index in [0.717, 1.165) is 29.4 Å². The van der Waals surface area contributed by atoms with Crippen LogP contribution in [0.4, 0.5) is 17.6 Å². The molecule has 0 radical (unpaired) electrons. The minimum Gasteiger partial charge on any atom is -0.441 e. The van der Waals surface area contributed by atoms with Crippen molar-refractivity contribution in [3.05, 3.63) is 52.7 Å². The van der Waals surface area contributed by atoms with Crippen molar-refractivity contribution < 1.29 is 26.8 Å². The largest absolute Gasteiger partial charge is 0.441 e. The van der Waals surface area contributed by atoms with E-state index in [4.69, 9.17) is 4.42 Å². The number of carbonyl (C=O) groups excluding carboxylic acids is 1. The van der Waals surface area contributed by atoms with Crippen molar-refractivity contribution >= 4 is 5.91 Å². The number of amides is 1. The third-order valence-electron chi connectivity index (χ3n) is 5.76. The summed E-state index contributed by atoms with van der Waals surface area (Å²) in [6.45, 7) is 0. The predicted octanol–water partition coefficient (Wildman–Crippen LogP) is 4.31. The van der Waals surface area contributed by atoms with Gasteiger partial charge in [-0.3, -0.25) is 14.5 Å². The second-order valence-corrected chi connectivity index (χ2v) is 8.15. The van der Waals surface area contributed by atoms with Gasteiger partial charge in [0.25, 0.3) is 5.91 Å². The predicted molar refractivity (Wildman–Crippen MR) is 103 cm³/mol. The number of halogens is 4.